The number of nitrogens with one attached hydrogen (secondary N) is 1. The number of sulfonamides is 1. The molecule has 0 aliphatic heterocycles. The van der Waals surface area contributed by atoms with Gasteiger partial charge in [-0.3, -0.25) is 0 Å². The predicted molar refractivity (Wildman–Crippen MR) is 77.2 cm³/mol. The number of rotatable bonds is 9. The van der Waals surface area contributed by atoms with E-state index < -0.39 is 10.0 Å². The third-order valence-corrected chi connectivity index (χ3v) is 4.06. The van der Waals surface area contributed by atoms with Crippen LogP contribution in [0.2, 0.25) is 0 Å². The van der Waals surface area contributed by atoms with Crippen LogP contribution in [0.3, 0.4) is 0 Å². The van der Waals surface area contributed by atoms with Crippen LogP contribution in [0, 0.1) is 0 Å². The van der Waals surface area contributed by atoms with Gasteiger partial charge in [-0.25, -0.2) is 13.1 Å². The van der Waals surface area contributed by atoms with Crippen molar-refractivity contribution >= 4 is 10.0 Å². The van der Waals surface area contributed by atoms with E-state index in [1.807, 2.05) is 13.8 Å². The maximum atomic E-state index is 12.1. The standard InChI is InChI=1S/C13H22N2O4S/c1-3-18-8-7-15-20(16,17)12-5-6-13(19-4-2)11(9-12)10-14/h5-6,9,15H,3-4,7-8,10,14H2,1-2H3. The minimum absolute atomic E-state index is 0.179. The van der Waals surface area contributed by atoms with Crippen LogP contribution < -0.4 is 15.2 Å². The first-order valence-electron chi connectivity index (χ1n) is 6.58. The second-order valence-electron chi connectivity index (χ2n) is 4.00. The van der Waals surface area contributed by atoms with Crippen molar-refractivity contribution in [3.8, 4) is 5.75 Å². The lowest BCUT2D eigenvalue weighted by molar-refractivity contribution is 0.153. The molecule has 114 valence electrons. The van der Waals surface area contributed by atoms with E-state index in [1.165, 1.54) is 12.1 Å². The summed E-state index contributed by atoms with van der Waals surface area (Å²) < 4.78 is 37.1. The smallest absolute Gasteiger partial charge is 0.240 e. The second-order valence-corrected chi connectivity index (χ2v) is 5.77. The fraction of sp³-hybridized carbons (Fsp3) is 0.538. The average molecular weight is 302 g/mol. The topological polar surface area (TPSA) is 90.6 Å². The SMILES string of the molecule is CCOCCNS(=O)(=O)c1ccc(OCC)c(CN)c1. The monoisotopic (exact) mass is 302 g/mol. The molecule has 0 aromatic heterocycles. The lowest BCUT2D eigenvalue weighted by Crippen LogP contribution is -2.27. The molecular formula is C13H22N2O4S. The molecule has 1 aromatic rings. The molecule has 3 N–H and O–H groups in total. The molecule has 0 saturated heterocycles. The van der Waals surface area contributed by atoms with Gasteiger partial charge in [0.2, 0.25) is 10.0 Å². The van der Waals surface area contributed by atoms with Gasteiger partial charge in [-0.05, 0) is 32.0 Å². The van der Waals surface area contributed by atoms with Crippen molar-refractivity contribution in [1.82, 2.24) is 4.72 Å². The fourth-order valence-electron chi connectivity index (χ4n) is 1.65. The molecule has 0 unspecified atom stereocenters. The molecule has 0 saturated carbocycles. The van der Waals surface area contributed by atoms with Crippen LogP contribution in [-0.2, 0) is 21.3 Å². The van der Waals surface area contributed by atoms with Gasteiger partial charge < -0.3 is 15.2 Å². The third kappa shape index (κ3) is 4.75. The molecule has 0 spiro atoms. The Labute approximate surface area is 120 Å². The summed E-state index contributed by atoms with van der Waals surface area (Å²) in [5, 5.41) is 0. The molecule has 0 heterocycles. The van der Waals surface area contributed by atoms with Crippen molar-refractivity contribution in [1.29, 1.82) is 0 Å². The van der Waals surface area contributed by atoms with Crippen LogP contribution in [-0.4, -0.2) is 34.8 Å². The average Bonchev–Trinajstić information content (AvgIpc) is 2.44. The summed E-state index contributed by atoms with van der Waals surface area (Å²) in [4.78, 5) is 0.179. The highest BCUT2D eigenvalue weighted by Crippen LogP contribution is 2.22. The van der Waals surface area contributed by atoms with Crippen LogP contribution in [0.4, 0.5) is 0 Å². The van der Waals surface area contributed by atoms with E-state index in [2.05, 4.69) is 4.72 Å². The molecule has 0 bridgehead atoms. The molecule has 20 heavy (non-hydrogen) atoms. The van der Waals surface area contributed by atoms with Crippen molar-refractivity contribution in [2.45, 2.75) is 25.3 Å². The van der Waals surface area contributed by atoms with Crippen LogP contribution >= 0.6 is 0 Å². The van der Waals surface area contributed by atoms with Gasteiger partial charge in [0.25, 0.3) is 0 Å². The minimum Gasteiger partial charge on any atom is -0.494 e. The molecule has 0 aliphatic rings. The van der Waals surface area contributed by atoms with Crippen molar-refractivity contribution in [3.63, 3.8) is 0 Å². The first-order valence-corrected chi connectivity index (χ1v) is 8.06. The molecule has 6 nitrogen and oxygen atoms in total. The van der Waals surface area contributed by atoms with Crippen LogP contribution in [0.25, 0.3) is 0 Å². The summed E-state index contributed by atoms with van der Waals surface area (Å²) in [5.74, 6) is 0.614. The summed E-state index contributed by atoms with van der Waals surface area (Å²) in [5.41, 5.74) is 6.28. The highest BCUT2D eigenvalue weighted by atomic mass is 32.2. The minimum atomic E-state index is -3.55. The maximum Gasteiger partial charge on any atom is 0.240 e. The Hall–Kier alpha value is -1.15. The highest BCUT2D eigenvalue weighted by molar-refractivity contribution is 7.89. The van der Waals surface area contributed by atoms with Crippen molar-refractivity contribution in [3.05, 3.63) is 23.8 Å². The summed E-state index contributed by atoms with van der Waals surface area (Å²) >= 11 is 0. The second kappa shape index (κ2) is 8.21. The Bertz CT molecular complexity index is 517. The molecule has 0 amide bonds. The Kier molecular flexibility index (Phi) is 6.94. The van der Waals surface area contributed by atoms with Gasteiger partial charge in [0.05, 0.1) is 18.1 Å². The number of ether oxygens (including phenoxy) is 2. The quantitative estimate of drug-likeness (QED) is 0.660. The molecule has 0 radical (unpaired) electrons. The zero-order chi connectivity index (χ0) is 15.0. The molecule has 7 heteroatoms. The molecule has 1 aromatic carbocycles. The zero-order valence-electron chi connectivity index (χ0n) is 11.9. The van der Waals surface area contributed by atoms with Gasteiger partial charge in [-0.1, -0.05) is 0 Å². The fourth-order valence-corrected chi connectivity index (χ4v) is 2.72. The Balaban J connectivity index is 2.84. The summed E-state index contributed by atoms with van der Waals surface area (Å²) in [6, 6.07) is 4.67. The van der Waals surface area contributed by atoms with Gasteiger partial charge in [0.1, 0.15) is 5.75 Å². The van der Waals surface area contributed by atoms with E-state index in [0.717, 1.165) is 0 Å². The van der Waals surface area contributed by atoms with E-state index in [1.54, 1.807) is 6.07 Å². The third-order valence-electron chi connectivity index (χ3n) is 2.60. The molecule has 1 rings (SSSR count). The number of hydrogen-bond acceptors (Lipinski definition) is 5. The van der Waals surface area contributed by atoms with Gasteiger partial charge in [-0.15, -0.1) is 0 Å². The first-order chi connectivity index (χ1) is 9.55. The van der Waals surface area contributed by atoms with E-state index in [9.17, 15) is 8.42 Å². The van der Waals surface area contributed by atoms with Gasteiger partial charge in [-0.2, -0.15) is 0 Å². The van der Waals surface area contributed by atoms with Crippen molar-refractivity contribution < 1.29 is 17.9 Å². The van der Waals surface area contributed by atoms with Crippen molar-refractivity contribution in [2.24, 2.45) is 5.73 Å². The van der Waals surface area contributed by atoms with Gasteiger partial charge >= 0.3 is 0 Å². The Morgan fingerprint density at radius 2 is 2.00 bits per heavy atom. The number of hydrogen-bond donors (Lipinski definition) is 2. The van der Waals surface area contributed by atoms with Crippen molar-refractivity contribution in [2.75, 3.05) is 26.4 Å². The van der Waals surface area contributed by atoms with E-state index >= 15 is 0 Å². The molecule has 0 aliphatic carbocycles. The van der Waals surface area contributed by atoms with Crippen LogP contribution in [0.1, 0.15) is 19.4 Å². The maximum absolute atomic E-state index is 12.1. The summed E-state index contributed by atoms with van der Waals surface area (Å²) in [6.07, 6.45) is 0. The molecular weight excluding hydrogens is 280 g/mol. The van der Waals surface area contributed by atoms with Gasteiger partial charge in [0, 0.05) is 25.3 Å². The Morgan fingerprint density at radius 3 is 2.60 bits per heavy atom. The van der Waals surface area contributed by atoms with Crippen LogP contribution in [0.15, 0.2) is 23.1 Å². The first kappa shape index (κ1) is 16.9. The molecule has 0 atom stereocenters. The lowest BCUT2D eigenvalue weighted by atomic mass is 10.2. The summed E-state index contributed by atoms with van der Waals surface area (Å²) in [6.45, 7) is 5.58. The Morgan fingerprint density at radius 1 is 1.25 bits per heavy atom. The van der Waals surface area contributed by atoms with E-state index in [0.29, 0.717) is 31.1 Å². The van der Waals surface area contributed by atoms with E-state index in [-0.39, 0.29) is 18.0 Å². The summed E-state index contributed by atoms with van der Waals surface area (Å²) in [7, 11) is -3.55. The van der Waals surface area contributed by atoms with Gasteiger partial charge in [0.15, 0.2) is 0 Å². The van der Waals surface area contributed by atoms with Crippen LogP contribution in [0.5, 0.6) is 5.75 Å². The normalized spacial score (nSPS) is 11.6. The predicted octanol–water partition coefficient (Wildman–Crippen LogP) is 0.859. The number of benzene rings is 1. The lowest BCUT2D eigenvalue weighted by Gasteiger charge is -2.12. The molecule has 0 fully saturated rings. The number of nitrogens with two attached hydrogens (primary N) is 1. The highest BCUT2D eigenvalue weighted by Gasteiger charge is 2.15. The van der Waals surface area contributed by atoms with E-state index in [4.69, 9.17) is 15.2 Å². The zero-order valence-corrected chi connectivity index (χ0v) is 12.7. The largest absolute Gasteiger partial charge is 0.494 e.